The minimum Gasteiger partial charge on any atom is -0.598 e. The van der Waals surface area contributed by atoms with Gasteiger partial charge in [-0.3, -0.25) is 0 Å². The molecule has 0 fully saturated rings. The lowest BCUT2D eigenvalue weighted by molar-refractivity contribution is 0.542. The normalized spacial score (nSPS) is 13.1. The van der Waals surface area contributed by atoms with Gasteiger partial charge in [-0.05, 0) is 51.3 Å². The molecule has 98 valence electrons. The fraction of sp³-hybridized carbons (Fsp3) is 0.500. The second-order valence-electron chi connectivity index (χ2n) is 5.19. The van der Waals surface area contributed by atoms with Gasteiger partial charge >= 0.3 is 0 Å². The van der Waals surface area contributed by atoms with E-state index in [0.717, 1.165) is 24.9 Å². The molecule has 0 saturated carbocycles. The average Bonchev–Trinajstić information content (AvgIpc) is 2.33. The van der Waals surface area contributed by atoms with E-state index in [4.69, 9.17) is 5.26 Å². The highest BCUT2D eigenvalue weighted by Gasteiger charge is 2.25. The Hall–Kier alpha value is -1.02. The van der Waals surface area contributed by atoms with Gasteiger partial charge in [-0.25, -0.2) is 0 Å². The highest BCUT2D eigenvalue weighted by atomic mass is 32.2. The van der Waals surface area contributed by atoms with Crippen LogP contribution >= 0.6 is 0 Å². The monoisotopic (exact) mass is 264 g/mol. The number of nitrogens with one attached hydrogen (secondary N) is 1. The quantitative estimate of drug-likeness (QED) is 0.657. The highest BCUT2D eigenvalue weighted by Crippen LogP contribution is 2.13. The fourth-order valence-corrected chi connectivity index (χ4v) is 2.23. The summed E-state index contributed by atoms with van der Waals surface area (Å²) < 4.78 is 14.5. The molecule has 0 bridgehead atoms. The van der Waals surface area contributed by atoms with Crippen LogP contribution in [0.4, 0.5) is 0 Å². The van der Waals surface area contributed by atoms with Crippen molar-refractivity contribution in [2.45, 2.75) is 38.4 Å². The van der Waals surface area contributed by atoms with Crippen LogP contribution in [0, 0.1) is 11.3 Å². The molecule has 0 aliphatic carbocycles. The van der Waals surface area contributed by atoms with Gasteiger partial charge in [-0.15, -0.1) is 4.72 Å². The number of nitriles is 1. The van der Waals surface area contributed by atoms with Crippen molar-refractivity contribution in [3.8, 4) is 6.07 Å². The van der Waals surface area contributed by atoms with Crippen LogP contribution in [0.1, 0.15) is 38.3 Å². The number of benzene rings is 1. The molecule has 0 saturated heterocycles. The molecule has 0 spiro atoms. The fourth-order valence-electron chi connectivity index (χ4n) is 1.47. The third kappa shape index (κ3) is 5.09. The number of nitrogens with zero attached hydrogens (tertiary/aromatic N) is 1. The minimum absolute atomic E-state index is 0.222. The Morgan fingerprint density at radius 1 is 1.39 bits per heavy atom. The lowest BCUT2D eigenvalue weighted by Crippen LogP contribution is -2.39. The van der Waals surface area contributed by atoms with Gasteiger partial charge in [0.2, 0.25) is 0 Å². The van der Waals surface area contributed by atoms with Gasteiger partial charge in [0.05, 0.1) is 11.6 Å². The van der Waals surface area contributed by atoms with Crippen molar-refractivity contribution in [3.63, 3.8) is 0 Å². The lowest BCUT2D eigenvalue weighted by atomic mass is 10.1. The van der Waals surface area contributed by atoms with Crippen molar-refractivity contribution in [3.05, 3.63) is 35.4 Å². The third-order valence-corrected chi connectivity index (χ3v) is 4.07. The zero-order chi connectivity index (χ0) is 13.6. The van der Waals surface area contributed by atoms with Crippen LogP contribution in [0.3, 0.4) is 0 Å². The van der Waals surface area contributed by atoms with E-state index < -0.39 is 11.4 Å². The zero-order valence-corrected chi connectivity index (χ0v) is 12.0. The first-order valence-corrected chi connectivity index (χ1v) is 7.23. The van der Waals surface area contributed by atoms with Gasteiger partial charge in [0.1, 0.15) is 4.75 Å². The van der Waals surface area contributed by atoms with E-state index >= 15 is 0 Å². The molecule has 1 rings (SSSR count). The summed E-state index contributed by atoms with van der Waals surface area (Å²) in [6.07, 6.45) is 1.81. The maximum Gasteiger partial charge on any atom is 0.136 e. The Kier molecular flexibility index (Phi) is 5.67. The molecule has 1 aromatic carbocycles. The second kappa shape index (κ2) is 6.79. The van der Waals surface area contributed by atoms with E-state index in [2.05, 4.69) is 10.8 Å². The first kappa shape index (κ1) is 15.0. The highest BCUT2D eigenvalue weighted by molar-refractivity contribution is 7.90. The summed E-state index contributed by atoms with van der Waals surface area (Å²) in [5, 5.41) is 8.79. The standard InChI is InChI=1S/C14H20N2OS/c1-14(2,3)18(17)16-9-5-8-12-6-4-7-13(10-12)11-15/h4,6-7,10,16H,5,8-9H2,1-3H3. The topological polar surface area (TPSA) is 58.9 Å². The average molecular weight is 264 g/mol. The molecule has 0 heterocycles. The number of rotatable bonds is 5. The van der Waals surface area contributed by atoms with E-state index in [1.807, 2.05) is 39.0 Å². The van der Waals surface area contributed by atoms with E-state index in [1.54, 1.807) is 6.07 Å². The molecule has 0 radical (unpaired) electrons. The molecule has 0 aliphatic rings. The van der Waals surface area contributed by atoms with Gasteiger partial charge in [0, 0.05) is 17.9 Å². The minimum atomic E-state index is -1.00. The van der Waals surface area contributed by atoms with E-state index in [1.165, 1.54) is 0 Å². The summed E-state index contributed by atoms with van der Waals surface area (Å²) in [4.78, 5) is 0. The Bertz CT molecular complexity index is 421. The maximum absolute atomic E-state index is 11.7. The molecule has 1 aromatic rings. The van der Waals surface area contributed by atoms with E-state index in [9.17, 15) is 4.55 Å². The van der Waals surface area contributed by atoms with E-state index in [-0.39, 0.29) is 4.75 Å². The molecule has 1 unspecified atom stereocenters. The summed E-state index contributed by atoms with van der Waals surface area (Å²) in [6.45, 7) is 6.58. The zero-order valence-electron chi connectivity index (χ0n) is 11.2. The van der Waals surface area contributed by atoms with Crippen molar-refractivity contribution in [1.82, 2.24) is 4.72 Å². The van der Waals surface area contributed by atoms with Gasteiger partial charge in [0.25, 0.3) is 0 Å². The van der Waals surface area contributed by atoms with Gasteiger partial charge in [-0.1, -0.05) is 12.1 Å². The Balaban J connectivity index is 2.32. The van der Waals surface area contributed by atoms with Crippen molar-refractivity contribution >= 4 is 11.4 Å². The third-order valence-electron chi connectivity index (χ3n) is 2.49. The summed E-state index contributed by atoms with van der Waals surface area (Å²) in [5.74, 6) is 0. The maximum atomic E-state index is 11.7. The molecule has 0 aromatic heterocycles. The largest absolute Gasteiger partial charge is 0.598 e. The second-order valence-corrected chi connectivity index (χ2v) is 7.24. The van der Waals surface area contributed by atoms with Crippen LogP contribution in [0.25, 0.3) is 0 Å². The smallest absolute Gasteiger partial charge is 0.136 e. The predicted octanol–water partition coefficient (Wildman–Crippen LogP) is 2.54. The van der Waals surface area contributed by atoms with Gasteiger partial charge in [-0.2, -0.15) is 5.26 Å². The van der Waals surface area contributed by atoms with Crippen LogP contribution in [-0.4, -0.2) is 15.8 Å². The van der Waals surface area contributed by atoms with Crippen molar-refractivity contribution in [1.29, 1.82) is 5.26 Å². The lowest BCUT2D eigenvalue weighted by Gasteiger charge is -2.23. The number of hydrogen-bond donors (Lipinski definition) is 1. The van der Waals surface area contributed by atoms with Crippen LogP contribution in [0.15, 0.2) is 24.3 Å². The Labute approximate surface area is 113 Å². The number of hydrogen-bond acceptors (Lipinski definition) is 3. The van der Waals surface area contributed by atoms with Crippen LogP contribution in [0.2, 0.25) is 0 Å². The molecular formula is C14H20N2OS. The van der Waals surface area contributed by atoms with Crippen LogP contribution < -0.4 is 4.72 Å². The predicted molar refractivity (Wildman–Crippen MR) is 75.4 cm³/mol. The molecular weight excluding hydrogens is 244 g/mol. The molecule has 0 amide bonds. The first-order chi connectivity index (χ1) is 8.43. The first-order valence-electron chi connectivity index (χ1n) is 6.08. The van der Waals surface area contributed by atoms with Crippen LogP contribution in [-0.2, 0) is 17.8 Å². The summed E-state index contributed by atoms with van der Waals surface area (Å²) in [6, 6.07) is 9.75. The van der Waals surface area contributed by atoms with Crippen LogP contribution in [0.5, 0.6) is 0 Å². The Morgan fingerprint density at radius 2 is 2.11 bits per heavy atom. The SMILES string of the molecule is CC(C)(C)[S+]([O-])NCCCc1cccc(C#N)c1. The molecule has 4 heteroatoms. The van der Waals surface area contributed by atoms with E-state index in [0.29, 0.717) is 5.56 Å². The number of aryl methyl sites for hydroxylation is 1. The van der Waals surface area contributed by atoms with Crippen molar-refractivity contribution in [2.75, 3.05) is 6.54 Å². The summed E-state index contributed by atoms with van der Waals surface area (Å²) in [7, 11) is 0. The molecule has 3 nitrogen and oxygen atoms in total. The van der Waals surface area contributed by atoms with Crippen molar-refractivity contribution < 1.29 is 4.55 Å². The molecule has 1 N–H and O–H groups in total. The molecule has 0 aliphatic heterocycles. The van der Waals surface area contributed by atoms with Crippen molar-refractivity contribution in [2.24, 2.45) is 0 Å². The summed E-state index contributed by atoms with van der Waals surface area (Å²) >= 11 is -1.00. The molecule has 18 heavy (non-hydrogen) atoms. The Morgan fingerprint density at radius 3 is 2.72 bits per heavy atom. The van der Waals surface area contributed by atoms with Gasteiger partial charge < -0.3 is 4.55 Å². The summed E-state index contributed by atoms with van der Waals surface area (Å²) in [5.41, 5.74) is 1.84. The van der Waals surface area contributed by atoms with Gasteiger partial charge in [0.15, 0.2) is 0 Å². The molecule has 1 atom stereocenters.